The molecule has 1 aromatic carbocycles. The molecule has 1 aromatic rings. The van der Waals surface area contributed by atoms with Crippen LogP contribution in [0.15, 0.2) is 48.2 Å². The molecule has 0 bridgehead atoms. The second-order valence-electron chi connectivity index (χ2n) is 9.60. The van der Waals surface area contributed by atoms with Crippen molar-refractivity contribution in [3.05, 3.63) is 64.3 Å². The van der Waals surface area contributed by atoms with Crippen molar-refractivity contribution in [1.82, 2.24) is 15.1 Å². The fourth-order valence-corrected chi connectivity index (χ4v) is 4.64. The molecular weight excluding hydrogens is 450 g/mol. The van der Waals surface area contributed by atoms with E-state index in [9.17, 15) is 4.79 Å². The van der Waals surface area contributed by atoms with Crippen molar-refractivity contribution in [2.75, 3.05) is 33.3 Å². The largest absolute Gasteiger partial charge is 0.444 e. The van der Waals surface area contributed by atoms with Crippen molar-refractivity contribution in [1.29, 1.82) is 0 Å². The molecule has 0 radical (unpaired) electrons. The Hall–Kier alpha value is -2.28. The van der Waals surface area contributed by atoms with Gasteiger partial charge >= 0.3 is 6.09 Å². The summed E-state index contributed by atoms with van der Waals surface area (Å²) in [5, 5.41) is 11.3. The lowest BCUT2D eigenvalue weighted by molar-refractivity contribution is 0.00901. The number of ether oxygens (including phenoxy) is 1. The summed E-state index contributed by atoms with van der Waals surface area (Å²) in [6.07, 6.45) is 3.75. The summed E-state index contributed by atoms with van der Waals surface area (Å²) in [7, 11) is 1.00. The number of fused-ring (bicyclic) bond motifs is 1. The number of nitrogens with zero attached hydrogens (tertiary/aromatic N) is 2. The summed E-state index contributed by atoms with van der Waals surface area (Å²) in [6, 6.07) is 6.25. The summed E-state index contributed by atoms with van der Waals surface area (Å²) in [5.41, 5.74) is 5.37. The molecule has 3 rings (SSSR count). The topological polar surface area (TPSA) is 65.0 Å². The van der Waals surface area contributed by atoms with Gasteiger partial charge in [-0.2, -0.15) is 0 Å². The number of amides is 1. The fraction of sp³-hybridized carbons (Fsp3) is 0.519. The zero-order chi connectivity index (χ0) is 25.6. The van der Waals surface area contributed by atoms with E-state index in [-0.39, 0.29) is 18.2 Å². The summed E-state index contributed by atoms with van der Waals surface area (Å²) < 4.78 is 5.58. The van der Waals surface area contributed by atoms with Crippen molar-refractivity contribution in [2.45, 2.75) is 59.2 Å². The number of hydrogen-bond donors (Lipinski definition) is 2. The summed E-state index contributed by atoms with van der Waals surface area (Å²) in [5.74, 6) is 0. The van der Waals surface area contributed by atoms with E-state index in [1.54, 1.807) is 4.90 Å². The van der Waals surface area contributed by atoms with E-state index in [2.05, 4.69) is 42.8 Å². The molecule has 1 amide bonds. The average Bonchev–Trinajstić information content (AvgIpc) is 2.87. The van der Waals surface area contributed by atoms with Gasteiger partial charge in [-0.3, -0.25) is 4.90 Å². The smallest absolute Gasteiger partial charge is 0.410 e. The molecule has 0 spiro atoms. The van der Waals surface area contributed by atoms with Crippen LogP contribution < -0.4 is 5.32 Å². The molecule has 1 fully saturated rings. The number of allylic oxidation sites excluding steroid dienone is 2. The lowest BCUT2D eigenvalue weighted by Gasteiger charge is -2.43. The average molecular weight is 490 g/mol. The molecule has 34 heavy (non-hydrogen) atoms. The first kappa shape index (κ1) is 28.0. The van der Waals surface area contributed by atoms with Crippen LogP contribution in [0.5, 0.6) is 0 Å². The van der Waals surface area contributed by atoms with E-state index in [0.29, 0.717) is 13.1 Å². The maximum absolute atomic E-state index is 12.6. The summed E-state index contributed by atoms with van der Waals surface area (Å²) in [4.78, 5) is 16.8. The van der Waals surface area contributed by atoms with Gasteiger partial charge in [0.1, 0.15) is 5.60 Å². The number of halogens is 1. The molecule has 2 N–H and O–H groups in total. The highest BCUT2D eigenvalue weighted by Gasteiger charge is 2.38. The standard InChI is InChI=1S/C26H36ClN3O2.CH4O/c1-8-11-28-23-19(4)17(2)18(3)22-16-20(27)9-10-21(22)24(23)29-12-14-30(15-13-29)25(31)32-26(5,6)7;1-2/h8-11,16,23-24,28H,4,12-15H2,1-3,5-7H3;2H,1H3/b11-8-;. The second-order valence-corrected chi connectivity index (χ2v) is 10.0. The molecule has 6 nitrogen and oxygen atoms in total. The number of carbonyl (C=O) groups excluding carboxylic acids is 1. The van der Waals surface area contributed by atoms with Gasteiger partial charge in [0.2, 0.25) is 0 Å². The van der Waals surface area contributed by atoms with Gasteiger partial charge in [0.05, 0.1) is 12.1 Å². The van der Waals surface area contributed by atoms with Crippen LogP contribution in [0, 0.1) is 0 Å². The Labute approximate surface area is 209 Å². The van der Waals surface area contributed by atoms with Gasteiger partial charge in [0.15, 0.2) is 0 Å². The quantitative estimate of drug-likeness (QED) is 0.595. The lowest BCUT2D eigenvalue weighted by Crippen LogP contribution is -2.54. The predicted molar refractivity (Wildman–Crippen MR) is 141 cm³/mol. The Morgan fingerprint density at radius 3 is 2.35 bits per heavy atom. The minimum absolute atomic E-state index is 0.0108. The van der Waals surface area contributed by atoms with Crippen LogP contribution in [0.2, 0.25) is 5.02 Å². The predicted octanol–water partition coefficient (Wildman–Crippen LogP) is 5.40. The van der Waals surface area contributed by atoms with Crippen molar-refractivity contribution in [3.63, 3.8) is 0 Å². The maximum atomic E-state index is 12.6. The number of hydrogen-bond acceptors (Lipinski definition) is 5. The third-order valence-corrected chi connectivity index (χ3v) is 6.51. The van der Waals surface area contributed by atoms with Crippen LogP contribution in [-0.2, 0) is 4.74 Å². The minimum atomic E-state index is -0.492. The zero-order valence-corrected chi connectivity index (χ0v) is 22.4. The molecule has 188 valence electrons. The van der Waals surface area contributed by atoms with E-state index >= 15 is 0 Å². The van der Waals surface area contributed by atoms with Crippen LogP contribution >= 0.6 is 11.6 Å². The van der Waals surface area contributed by atoms with E-state index < -0.39 is 5.60 Å². The van der Waals surface area contributed by atoms with E-state index in [0.717, 1.165) is 30.8 Å². The Bertz CT molecular complexity index is 941. The zero-order valence-electron chi connectivity index (χ0n) is 21.6. The van der Waals surface area contributed by atoms with Crippen molar-refractivity contribution in [3.8, 4) is 0 Å². The third-order valence-electron chi connectivity index (χ3n) is 6.28. The maximum Gasteiger partial charge on any atom is 0.410 e. The Morgan fingerprint density at radius 1 is 1.18 bits per heavy atom. The number of nitrogens with one attached hydrogen (secondary N) is 1. The van der Waals surface area contributed by atoms with Crippen LogP contribution in [0.1, 0.15) is 58.7 Å². The van der Waals surface area contributed by atoms with Crippen molar-refractivity contribution >= 4 is 23.3 Å². The van der Waals surface area contributed by atoms with Crippen LogP contribution in [0.4, 0.5) is 4.79 Å². The highest BCUT2D eigenvalue weighted by molar-refractivity contribution is 6.30. The Balaban J connectivity index is 0.00000199. The van der Waals surface area contributed by atoms with Gasteiger partial charge in [-0.05, 0) is 87.7 Å². The van der Waals surface area contributed by atoms with E-state index in [4.69, 9.17) is 21.4 Å². The molecular formula is C27H40ClN3O3. The number of piperazine rings is 1. The normalized spacial score (nSPS) is 21.6. The lowest BCUT2D eigenvalue weighted by atomic mass is 9.90. The molecule has 1 saturated heterocycles. The fourth-order valence-electron chi connectivity index (χ4n) is 4.47. The van der Waals surface area contributed by atoms with Gasteiger partial charge in [0.25, 0.3) is 0 Å². The first-order valence-corrected chi connectivity index (χ1v) is 12.1. The summed E-state index contributed by atoms with van der Waals surface area (Å²) >= 11 is 6.40. The Morgan fingerprint density at radius 2 is 1.79 bits per heavy atom. The molecule has 0 aromatic heterocycles. The molecule has 2 unspecified atom stereocenters. The number of carbonyl (C=O) groups is 1. The van der Waals surface area contributed by atoms with Crippen LogP contribution in [0.3, 0.4) is 0 Å². The molecule has 1 heterocycles. The first-order chi connectivity index (χ1) is 16.0. The highest BCUT2D eigenvalue weighted by atomic mass is 35.5. The van der Waals surface area contributed by atoms with E-state index in [1.807, 2.05) is 46.0 Å². The SMILES string of the molecule is C=C1C(C)=C(C)c2cc(Cl)ccc2C(N2CCN(C(=O)OC(C)(C)C)CC2)C1N/C=C\C.CO. The summed E-state index contributed by atoms with van der Waals surface area (Å²) in [6.45, 7) is 19.2. The number of aliphatic hydroxyl groups is 1. The highest BCUT2D eigenvalue weighted by Crippen LogP contribution is 2.41. The Kier molecular flexibility index (Phi) is 9.80. The van der Waals surface area contributed by atoms with Gasteiger partial charge in [-0.15, -0.1) is 0 Å². The van der Waals surface area contributed by atoms with Gasteiger partial charge in [-0.25, -0.2) is 4.79 Å². The number of benzene rings is 1. The first-order valence-electron chi connectivity index (χ1n) is 11.7. The molecule has 1 aliphatic heterocycles. The molecule has 2 atom stereocenters. The molecule has 1 aliphatic carbocycles. The van der Waals surface area contributed by atoms with E-state index in [1.165, 1.54) is 22.3 Å². The molecule has 7 heteroatoms. The van der Waals surface area contributed by atoms with Crippen LogP contribution in [0.25, 0.3) is 5.57 Å². The third kappa shape index (κ3) is 6.44. The molecule has 0 saturated carbocycles. The van der Waals surface area contributed by atoms with Crippen molar-refractivity contribution in [2.24, 2.45) is 0 Å². The monoisotopic (exact) mass is 489 g/mol. The van der Waals surface area contributed by atoms with Gasteiger partial charge in [-0.1, -0.05) is 30.3 Å². The van der Waals surface area contributed by atoms with Crippen LogP contribution in [-0.4, -0.2) is 65.9 Å². The second kappa shape index (κ2) is 11.9. The molecule has 2 aliphatic rings. The van der Waals surface area contributed by atoms with Crippen molar-refractivity contribution < 1.29 is 14.6 Å². The van der Waals surface area contributed by atoms with Gasteiger partial charge in [0, 0.05) is 38.3 Å². The number of rotatable bonds is 3. The number of aliphatic hydroxyl groups excluding tert-OH is 1. The van der Waals surface area contributed by atoms with Gasteiger partial charge < -0.3 is 20.1 Å². The minimum Gasteiger partial charge on any atom is -0.444 e.